The number of aliphatic carboxylic acids is 1. The van der Waals surface area contributed by atoms with Gasteiger partial charge in [0.15, 0.2) is 0 Å². The first-order valence-electron chi connectivity index (χ1n) is 8.63. The summed E-state index contributed by atoms with van der Waals surface area (Å²) >= 11 is 0. The summed E-state index contributed by atoms with van der Waals surface area (Å²) in [6, 6.07) is 3.78. The van der Waals surface area contributed by atoms with Crippen molar-refractivity contribution in [2.75, 3.05) is 6.54 Å². The number of amides is 1. The number of piperidine rings is 1. The van der Waals surface area contributed by atoms with Gasteiger partial charge in [0.25, 0.3) is 0 Å². The van der Waals surface area contributed by atoms with Crippen molar-refractivity contribution < 1.29 is 32.6 Å². The van der Waals surface area contributed by atoms with Crippen LogP contribution in [0.15, 0.2) is 24.3 Å². The number of carbonyl (C=O) groups excluding carboxylic acids is 1. The van der Waals surface area contributed by atoms with Crippen molar-refractivity contribution in [2.45, 2.75) is 58.4 Å². The molecule has 2 atom stereocenters. The van der Waals surface area contributed by atoms with Crippen molar-refractivity contribution >= 4 is 12.1 Å². The van der Waals surface area contributed by atoms with Crippen molar-refractivity contribution in [3.63, 3.8) is 0 Å². The molecule has 27 heavy (non-hydrogen) atoms. The summed E-state index contributed by atoms with van der Waals surface area (Å²) in [4.78, 5) is 25.6. The lowest BCUT2D eigenvalue weighted by atomic mass is 9.75. The number of rotatable bonds is 2. The summed E-state index contributed by atoms with van der Waals surface area (Å²) in [6.45, 7) is 6.86. The number of likely N-dealkylation sites (tertiary alicyclic amines) is 1. The van der Waals surface area contributed by atoms with Gasteiger partial charge in [-0.3, -0.25) is 4.79 Å². The Labute approximate surface area is 156 Å². The molecule has 1 aromatic rings. The van der Waals surface area contributed by atoms with Gasteiger partial charge in [-0.15, -0.1) is 0 Å². The Morgan fingerprint density at radius 1 is 1.19 bits per heavy atom. The molecule has 1 amide bonds. The SMILES string of the molecule is CC(C)(C)OC(=O)N1CCC(C)(C(=O)O)CC1c1ccc(C(F)(F)F)cc1. The van der Waals surface area contributed by atoms with Crippen LogP contribution in [0.1, 0.15) is 57.7 Å². The molecule has 0 radical (unpaired) electrons. The first kappa shape index (κ1) is 21.1. The molecule has 1 fully saturated rings. The third-order valence-corrected chi connectivity index (χ3v) is 4.69. The van der Waals surface area contributed by atoms with E-state index in [1.54, 1.807) is 27.7 Å². The van der Waals surface area contributed by atoms with Gasteiger partial charge in [0.05, 0.1) is 17.0 Å². The molecule has 2 rings (SSSR count). The number of carbonyl (C=O) groups is 2. The highest BCUT2D eigenvalue weighted by molar-refractivity contribution is 5.75. The average molecular weight is 387 g/mol. The molecule has 8 heteroatoms. The van der Waals surface area contributed by atoms with Crippen LogP contribution in [0.2, 0.25) is 0 Å². The molecule has 2 unspecified atom stereocenters. The largest absolute Gasteiger partial charge is 0.481 e. The van der Waals surface area contributed by atoms with Crippen LogP contribution >= 0.6 is 0 Å². The topological polar surface area (TPSA) is 66.8 Å². The second kappa shape index (κ2) is 7.05. The second-order valence-corrected chi connectivity index (χ2v) is 8.13. The standard InChI is InChI=1S/C19H24F3NO4/c1-17(2,3)27-16(26)23-10-9-18(4,15(24)25)11-14(23)12-5-7-13(8-6-12)19(20,21)22/h5-8,14H,9-11H2,1-4H3,(H,24,25). The van der Waals surface area contributed by atoms with Crippen LogP contribution in [0, 0.1) is 5.41 Å². The minimum atomic E-state index is -4.47. The van der Waals surface area contributed by atoms with E-state index in [9.17, 15) is 27.9 Å². The average Bonchev–Trinajstić information content (AvgIpc) is 2.52. The molecular weight excluding hydrogens is 363 g/mol. The molecule has 0 aliphatic carbocycles. The maximum atomic E-state index is 12.8. The molecule has 1 saturated heterocycles. The molecule has 5 nitrogen and oxygen atoms in total. The van der Waals surface area contributed by atoms with Crippen LogP contribution in [-0.2, 0) is 15.7 Å². The Morgan fingerprint density at radius 3 is 2.19 bits per heavy atom. The number of ether oxygens (including phenoxy) is 1. The number of carboxylic acids is 1. The second-order valence-electron chi connectivity index (χ2n) is 8.13. The molecule has 1 aromatic carbocycles. The van der Waals surface area contributed by atoms with Gasteiger partial charge in [0, 0.05) is 6.54 Å². The summed E-state index contributed by atoms with van der Waals surface area (Å²) in [5, 5.41) is 9.54. The summed E-state index contributed by atoms with van der Waals surface area (Å²) in [5.41, 5.74) is -2.17. The Balaban J connectivity index is 2.37. The van der Waals surface area contributed by atoms with E-state index in [0.29, 0.717) is 5.56 Å². The smallest absolute Gasteiger partial charge is 0.416 e. The molecular formula is C19H24F3NO4. The molecule has 0 aromatic heterocycles. The van der Waals surface area contributed by atoms with E-state index in [0.717, 1.165) is 12.1 Å². The highest BCUT2D eigenvalue weighted by Crippen LogP contribution is 2.43. The van der Waals surface area contributed by atoms with Gasteiger partial charge in [-0.2, -0.15) is 13.2 Å². The highest BCUT2D eigenvalue weighted by atomic mass is 19.4. The predicted molar refractivity (Wildman–Crippen MR) is 92.1 cm³/mol. The molecule has 1 N–H and O–H groups in total. The fourth-order valence-electron chi connectivity index (χ4n) is 3.09. The molecule has 150 valence electrons. The summed E-state index contributed by atoms with van der Waals surface area (Å²) < 4.78 is 43.9. The van der Waals surface area contributed by atoms with E-state index in [1.807, 2.05) is 0 Å². The normalized spacial score (nSPS) is 23.8. The molecule has 0 bridgehead atoms. The lowest BCUT2D eigenvalue weighted by Gasteiger charge is -2.43. The summed E-state index contributed by atoms with van der Waals surface area (Å²) in [6.07, 6.45) is -4.75. The fraction of sp³-hybridized carbons (Fsp3) is 0.579. The number of carboxylic acid groups (broad SMARTS) is 1. The third kappa shape index (κ3) is 4.93. The van der Waals surface area contributed by atoms with Crippen molar-refractivity contribution in [3.05, 3.63) is 35.4 Å². The Morgan fingerprint density at radius 2 is 1.74 bits per heavy atom. The van der Waals surface area contributed by atoms with Gasteiger partial charge in [-0.1, -0.05) is 12.1 Å². The van der Waals surface area contributed by atoms with Gasteiger partial charge in [0.2, 0.25) is 0 Å². The zero-order chi connectivity index (χ0) is 20.6. The Kier molecular flexibility index (Phi) is 5.50. The van der Waals surface area contributed by atoms with Gasteiger partial charge < -0.3 is 14.7 Å². The number of benzene rings is 1. The van der Waals surface area contributed by atoms with E-state index >= 15 is 0 Å². The minimum absolute atomic E-state index is 0.0902. The van der Waals surface area contributed by atoms with E-state index in [2.05, 4.69) is 0 Å². The van der Waals surface area contributed by atoms with Crippen molar-refractivity contribution in [2.24, 2.45) is 5.41 Å². The Bertz CT molecular complexity index is 709. The number of hydrogen-bond donors (Lipinski definition) is 1. The maximum absolute atomic E-state index is 12.8. The van der Waals surface area contributed by atoms with E-state index in [1.165, 1.54) is 17.0 Å². The quantitative estimate of drug-likeness (QED) is 0.786. The summed E-state index contributed by atoms with van der Waals surface area (Å²) in [5.74, 6) is -0.997. The zero-order valence-corrected chi connectivity index (χ0v) is 15.8. The van der Waals surface area contributed by atoms with Crippen LogP contribution < -0.4 is 0 Å². The van der Waals surface area contributed by atoms with Crippen molar-refractivity contribution in [1.82, 2.24) is 4.90 Å². The lowest BCUT2D eigenvalue weighted by Crippen LogP contribution is -2.48. The van der Waals surface area contributed by atoms with Crippen LogP contribution in [0.5, 0.6) is 0 Å². The van der Waals surface area contributed by atoms with Gasteiger partial charge in [-0.25, -0.2) is 4.79 Å². The van der Waals surface area contributed by atoms with Gasteiger partial charge in [-0.05, 0) is 58.2 Å². The minimum Gasteiger partial charge on any atom is -0.481 e. The molecule has 1 aliphatic rings. The van der Waals surface area contributed by atoms with E-state index < -0.39 is 40.9 Å². The number of alkyl halides is 3. The maximum Gasteiger partial charge on any atom is 0.416 e. The molecule has 1 heterocycles. The summed E-state index contributed by atoms with van der Waals surface area (Å²) in [7, 11) is 0. The zero-order valence-electron chi connectivity index (χ0n) is 15.8. The van der Waals surface area contributed by atoms with Crippen molar-refractivity contribution in [1.29, 1.82) is 0 Å². The fourth-order valence-corrected chi connectivity index (χ4v) is 3.09. The van der Waals surface area contributed by atoms with Crippen LogP contribution in [0.25, 0.3) is 0 Å². The van der Waals surface area contributed by atoms with Gasteiger partial charge in [0.1, 0.15) is 5.60 Å². The highest BCUT2D eigenvalue weighted by Gasteiger charge is 2.45. The monoisotopic (exact) mass is 387 g/mol. The molecule has 0 saturated carbocycles. The number of nitrogens with zero attached hydrogens (tertiary/aromatic N) is 1. The molecule has 1 aliphatic heterocycles. The van der Waals surface area contributed by atoms with Crippen LogP contribution in [0.4, 0.5) is 18.0 Å². The first-order valence-corrected chi connectivity index (χ1v) is 8.63. The van der Waals surface area contributed by atoms with E-state index in [-0.39, 0.29) is 19.4 Å². The van der Waals surface area contributed by atoms with E-state index in [4.69, 9.17) is 4.74 Å². The first-order chi connectivity index (χ1) is 12.2. The number of halogens is 3. The number of hydrogen-bond acceptors (Lipinski definition) is 3. The van der Waals surface area contributed by atoms with Gasteiger partial charge >= 0.3 is 18.2 Å². The molecule has 0 spiro atoms. The lowest BCUT2D eigenvalue weighted by molar-refractivity contribution is -0.152. The predicted octanol–water partition coefficient (Wildman–Crippen LogP) is 4.87. The van der Waals surface area contributed by atoms with Crippen LogP contribution in [-0.4, -0.2) is 34.2 Å². The third-order valence-electron chi connectivity index (χ3n) is 4.69. The van der Waals surface area contributed by atoms with Crippen LogP contribution in [0.3, 0.4) is 0 Å². The van der Waals surface area contributed by atoms with Crippen molar-refractivity contribution in [3.8, 4) is 0 Å². The Hall–Kier alpha value is -2.25.